The van der Waals surface area contributed by atoms with Gasteiger partial charge in [0.25, 0.3) is 0 Å². The van der Waals surface area contributed by atoms with E-state index in [2.05, 4.69) is 12.2 Å². The van der Waals surface area contributed by atoms with Gasteiger partial charge in [-0.15, -0.1) is 0 Å². The number of aliphatic hydroxyl groups excluding tert-OH is 1. The minimum absolute atomic E-state index is 0.137. The van der Waals surface area contributed by atoms with Crippen molar-refractivity contribution in [2.75, 3.05) is 40.1 Å². The molecule has 5 nitrogen and oxygen atoms in total. The van der Waals surface area contributed by atoms with Crippen LogP contribution in [0.25, 0.3) is 0 Å². The summed E-state index contributed by atoms with van der Waals surface area (Å²) >= 11 is 0. The van der Waals surface area contributed by atoms with E-state index in [9.17, 15) is 5.11 Å². The van der Waals surface area contributed by atoms with Crippen molar-refractivity contribution in [3.8, 4) is 5.75 Å². The van der Waals surface area contributed by atoms with Gasteiger partial charge in [-0.3, -0.25) is 0 Å². The molecule has 21 heavy (non-hydrogen) atoms. The minimum atomic E-state index is -0.528. The standard InChI is InChI=1S/C16H27NO4/c1-4-20-8-9-21-12-15(18)11-17-13(2)14-6-5-7-16(10-14)19-3/h5-7,10,13,15,17-18H,4,8-9,11-12H2,1-3H3/t13-,15?/m0/s1. The molecule has 0 heterocycles. The van der Waals surface area contributed by atoms with Crippen LogP contribution in [-0.2, 0) is 9.47 Å². The lowest BCUT2D eigenvalue weighted by atomic mass is 10.1. The zero-order chi connectivity index (χ0) is 15.5. The lowest BCUT2D eigenvalue weighted by molar-refractivity contribution is 0.00586. The van der Waals surface area contributed by atoms with Gasteiger partial charge in [-0.05, 0) is 31.5 Å². The van der Waals surface area contributed by atoms with Crippen LogP contribution in [0, 0.1) is 0 Å². The maximum atomic E-state index is 9.85. The molecular weight excluding hydrogens is 270 g/mol. The molecule has 0 spiro atoms. The van der Waals surface area contributed by atoms with Crippen molar-refractivity contribution >= 4 is 0 Å². The quantitative estimate of drug-likeness (QED) is 0.610. The number of nitrogens with one attached hydrogen (secondary N) is 1. The van der Waals surface area contributed by atoms with E-state index in [-0.39, 0.29) is 6.04 Å². The monoisotopic (exact) mass is 297 g/mol. The van der Waals surface area contributed by atoms with Crippen LogP contribution in [0.5, 0.6) is 5.75 Å². The third kappa shape index (κ3) is 7.43. The Morgan fingerprint density at radius 3 is 2.71 bits per heavy atom. The molecule has 0 aliphatic carbocycles. The Hall–Kier alpha value is -1.14. The van der Waals surface area contributed by atoms with E-state index in [1.807, 2.05) is 31.2 Å². The highest BCUT2D eigenvalue weighted by Gasteiger charge is 2.09. The van der Waals surface area contributed by atoms with E-state index < -0.39 is 6.10 Å². The average Bonchev–Trinajstić information content (AvgIpc) is 2.52. The Balaban J connectivity index is 2.23. The summed E-state index contributed by atoms with van der Waals surface area (Å²) in [7, 11) is 1.65. The molecule has 1 unspecified atom stereocenters. The first kappa shape index (κ1) is 17.9. The van der Waals surface area contributed by atoms with Gasteiger partial charge in [0.2, 0.25) is 0 Å². The predicted octanol–water partition coefficient (Wildman–Crippen LogP) is 1.76. The summed E-state index contributed by atoms with van der Waals surface area (Å²) in [6, 6.07) is 8.03. The molecule has 2 N–H and O–H groups in total. The van der Waals surface area contributed by atoms with E-state index >= 15 is 0 Å². The summed E-state index contributed by atoms with van der Waals surface area (Å²) in [5, 5.41) is 13.1. The fraction of sp³-hybridized carbons (Fsp3) is 0.625. The summed E-state index contributed by atoms with van der Waals surface area (Å²) in [6.07, 6.45) is -0.528. The normalized spacial score (nSPS) is 13.9. The largest absolute Gasteiger partial charge is 0.497 e. The van der Waals surface area contributed by atoms with Crippen LogP contribution in [0.2, 0.25) is 0 Å². The van der Waals surface area contributed by atoms with Crippen LogP contribution >= 0.6 is 0 Å². The topological polar surface area (TPSA) is 60.0 Å². The Labute approximate surface area is 127 Å². The van der Waals surface area contributed by atoms with Crippen molar-refractivity contribution in [1.29, 1.82) is 0 Å². The molecule has 1 aromatic carbocycles. The lowest BCUT2D eigenvalue weighted by Gasteiger charge is -2.18. The third-order valence-electron chi connectivity index (χ3n) is 3.14. The number of aliphatic hydroxyl groups is 1. The van der Waals surface area contributed by atoms with Gasteiger partial charge < -0.3 is 24.6 Å². The highest BCUT2D eigenvalue weighted by Crippen LogP contribution is 2.18. The smallest absolute Gasteiger partial charge is 0.119 e. The molecule has 2 atom stereocenters. The van der Waals surface area contributed by atoms with Crippen LogP contribution in [0.1, 0.15) is 25.5 Å². The lowest BCUT2D eigenvalue weighted by Crippen LogP contribution is -2.32. The van der Waals surface area contributed by atoms with Crippen molar-refractivity contribution in [3.63, 3.8) is 0 Å². The van der Waals surface area contributed by atoms with Crippen LogP contribution in [0.3, 0.4) is 0 Å². The summed E-state index contributed by atoms with van der Waals surface area (Å²) in [5.41, 5.74) is 1.12. The van der Waals surface area contributed by atoms with Crippen molar-refractivity contribution in [3.05, 3.63) is 29.8 Å². The van der Waals surface area contributed by atoms with Gasteiger partial charge >= 0.3 is 0 Å². The van der Waals surface area contributed by atoms with Gasteiger partial charge in [-0.2, -0.15) is 0 Å². The molecule has 0 saturated heterocycles. The Bertz CT molecular complexity index is 386. The van der Waals surface area contributed by atoms with Gasteiger partial charge in [0.15, 0.2) is 0 Å². The number of benzene rings is 1. The van der Waals surface area contributed by atoms with Crippen molar-refractivity contribution in [2.45, 2.75) is 26.0 Å². The fourth-order valence-electron chi connectivity index (χ4n) is 1.88. The summed E-state index contributed by atoms with van der Waals surface area (Å²) in [4.78, 5) is 0. The van der Waals surface area contributed by atoms with Crippen LogP contribution < -0.4 is 10.1 Å². The zero-order valence-corrected chi connectivity index (χ0v) is 13.2. The van der Waals surface area contributed by atoms with Gasteiger partial charge in [0.1, 0.15) is 5.75 Å². The van der Waals surface area contributed by atoms with Crippen molar-refractivity contribution < 1.29 is 19.3 Å². The Morgan fingerprint density at radius 1 is 1.24 bits per heavy atom. The van der Waals surface area contributed by atoms with Gasteiger partial charge in [0.05, 0.1) is 33.0 Å². The molecule has 0 amide bonds. The molecular formula is C16H27NO4. The molecule has 0 aromatic heterocycles. The maximum Gasteiger partial charge on any atom is 0.119 e. The van der Waals surface area contributed by atoms with Crippen molar-refractivity contribution in [2.24, 2.45) is 0 Å². The number of methoxy groups -OCH3 is 1. The SMILES string of the molecule is CCOCCOCC(O)CN[C@@H](C)c1cccc(OC)c1. The summed E-state index contributed by atoms with van der Waals surface area (Å²) in [6.45, 7) is 6.55. The van der Waals surface area contributed by atoms with E-state index in [1.165, 1.54) is 0 Å². The van der Waals surface area contributed by atoms with Crippen molar-refractivity contribution in [1.82, 2.24) is 5.32 Å². The molecule has 120 valence electrons. The third-order valence-corrected chi connectivity index (χ3v) is 3.14. The Morgan fingerprint density at radius 2 is 2.00 bits per heavy atom. The molecule has 1 aromatic rings. The summed E-state index contributed by atoms with van der Waals surface area (Å²) in [5.74, 6) is 0.834. The molecule has 1 rings (SSSR count). The molecule has 0 radical (unpaired) electrons. The highest BCUT2D eigenvalue weighted by atomic mass is 16.5. The van der Waals surface area contributed by atoms with Gasteiger partial charge in [0, 0.05) is 19.2 Å². The predicted molar refractivity (Wildman–Crippen MR) is 82.7 cm³/mol. The Kier molecular flexibility index (Phi) is 9.01. The highest BCUT2D eigenvalue weighted by molar-refractivity contribution is 5.30. The number of rotatable bonds is 11. The van der Waals surface area contributed by atoms with Gasteiger partial charge in [-0.25, -0.2) is 0 Å². The first-order valence-electron chi connectivity index (χ1n) is 7.38. The molecule has 0 aliphatic heterocycles. The number of hydrogen-bond donors (Lipinski definition) is 2. The van der Waals surface area contributed by atoms with Crippen LogP contribution in [0.4, 0.5) is 0 Å². The first-order chi connectivity index (χ1) is 10.2. The maximum absolute atomic E-state index is 9.85. The van der Waals surface area contributed by atoms with E-state index in [0.717, 1.165) is 11.3 Å². The second kappa shape index (κ2) is 10.6. The molecule has 0 bridgehead atoms. The number of hydrogen-bond acceptors (Lipinski definition) is 5. The molecule has 5 heteroatoms. The fourth-order valence-corrected chi connectivity index (χ4v) is 1.88. The molecule has 0 saturated carbocycles. The second-order valence-electron chi connectivity index (χ2n) is 4.83. The molecule has 0 fully saturated rings. The number of ether oxygens (including phenoxy) is 3. The van der Waals surface area contributed by atoms with E-state index in [0.29, 0.717) is 33.0 Å². The summed E-state index contributed by atoms with van der Waals surface area (Å²) < 4.78 is 15.7. The molecule has 0 aliphatic rings. The second-order valence-corrected chi connectivity index (χ2v) is 4.83. The van der Waals surface area contributed by atoms with Crippen LogP contribution in [0.15, 0.2) is 24.3 Å². The average molecular weight is 297 g/mol. The van der Waals surface area contributed by atoms with E-state index in [4.69, 9.17) is 14.2 Å². The van der Waals surface area contributed by atoms with Crippen LogP contribution in [-0.4, -0.2) is 51.3 Å². The minimum Gasteiger partial charge on any atom is -0.497 e. The van der Waals surface area contributed by atoms with Gasteiger partial charge in [-0.1, -0.05) is 12.1 Å². The van der Waals surface area contributed by atoms with E-state index in [1.54, 1.807) is 7.11 Å². The first-order valence-corrected chi connectivity index (χ1v) is 7.38. The zero-order valence-electron chi connectivity index (χ0n) is 13.2.